The summed E-state index contributed by atoms with van der Waals surface area (Å²) in [6, 6.07) is -0.171. The Morgan fingerprint density at radius 2 is 2.40 bits per heavy atom. The lowest BCUT2D eigenvalue weighted by Gasteiger charge is -2.04. The first-order valence-electron chi connectivity index (χ1n) is 3.02. The number of hydroxylamine groups is 1. The van der Waals surface area contributed by atoms with Gasteiger partial charge in [-0.1, -0.05) is 0 Å². The maximum atomic E-state index is 10.6. The minimum Gasteiger partial charge on any atom is -0.306 e. The van der Waals surface area contributed by atoms with E-state index in [0.29, 0.717) is 0 Å². The molecule has 0 aromatic carbocycles. The number of hydrogen-bond acceptors (Lipinski definition) is 3. The molecule has 0 bridgehead atoms. The van der Waals surface area contributed by atoms with Gasteiger partial charge < -0.3 is 5.32 Å². The van der Waals surface area contributed by atoms with Crippen LogP contribution in [0.3, 0.4) is 0 Å². The summed E-state index contributed by atoms with van der Waals surface area (Å²) < 4.78 is 0. The SMILES string of the molecule is Cl.O=C(NO)C1CCCN1. The maximum Gasteiger partial charge on any atom is 0.260 e. The minimum absolute atomic E-state index is 0. The fraction of sp³-hybridized carbons (Fsp3) is 0.800. The topological polar surface area (TPSA) is 61.4 Å². The molecule has 1 unspecified atom stereocenters. The molecule has 60 valence electrons. The number of nitrogens with one attached hydrogen (secondary N) is 2. The Labute approximate surface area is 65.4 Å². The molecule has 4 nitrogen and oxygen atoms in total. The van der Waals surface area contributed by atoms with Crippen LogP contribution >= 0.6 is 12.4 Å². The van der Waals surface area contributed by atoms with E-state index in [1.807, 2.05) is 0 Å². The smallest absolute Gasteiger partial charge is 0.260 e. The van der Waals surface area contributed by atoms with Gasteiger partial charge in [0.05, 0.1) is 6.04 Å². The third kappa shape index (κ3) is 2.13. The molecule has 5 heteroatoms. The molecule has 1 amide bonds. The molecule has 1 fully saturated rings. The highest BCUT2D eigenvalue weighted by Crippen LogP contribution is 2.03. The first-order valence-corrected chi connectivity index (χ1v) is 3.02. The molecule has 1 aliphatic heterocycles. The number of rotatable bonds is 1. The van der Waals surface area contributed by atoms with Gasteiger partial charge >= 0.3 is 0 Å². The molecule has 0 radical (unpaired) electrons. The van der Waals surface area contributed by atoms with E-state index in [2.05, 4.69) is 5.32 Å². The van der Waals surface area contributed by atoms with Crippen LogP contribution in [0.5, 0.6) is 0 Å². The normalized spacial score (nSPS) is 23.5. The number of carbonyl (C=O) groups is 1. The van der Waals surface area contributed by atoms with E-state index in [9.17, 15) is 4.79 Å². The van der Waals surface area contributed by atoms with Gasteiger partial charge in [0, 0.05) is 0 Å². The Kier molecular flexibility index (Phi) is 4.34. The summed E-state index contributed by atoms with van der Waals surface area (Å²) in [4.78, 5) is 10.6. The zero-order chi connectivity index (χ0) is 6.69. The summed E-state index contributed by atoms with van der Waals surface area (Å²) >= 11 is 0. The number of amides is 1. The van der Waals surface area contributed by atoms with Gasteiger partial charge in [0.1, 0.15) is 0 Å². The zero-order valence-corrected chi connectivity index (χ0v) is 6.28. The van der Waals surface area contributed by atoms with E-state index in [0.717, 1.165) is 19.4 Å². The molecule has 1 heterocycles. The standard InChI is InChI=1S/C5H10N2O2.ClH/c8-5(7-9)4-2-1-3-6-4;/h4,6,9H,1-3H2,(H,7,8);1H. The second-order valence-electron chi connectivity index (χ2n) is 2.12. The number of halogens is 1. The molecule has 10 heavy (non-hydrogen) atoms. The van der Waals surface area contributed by atoms with Gasteiger partial charge in [-0.3, -0.25) is 10.0 Å². The molecule has 1 saturated heterocycles. The summed E-state index contributed by atoms with van der Waals surface area (Å²) in [6.07, 6.45) is 1.84. The molecule has 3 N–H and O–H groups in total. The fourth-order valence-electron chi connectivity index (χ4n) is 0.986. The minimum atomic E-state index is -0.326. The highest BCUT2D eigenvalue weighted by molar-refractivity contribution is 5.85. The molecule has 0 aliphatic carbocycles. The van der Waals surface area contributed by atoms with Crippen LogP contribution in [0.4, 0.5) is 0 Å². The lowest BCUT2D eigenvalue weighted by atomic mass is 10.2. The highest BCUT2D eigenvalue weighted by Gasteiger charge is 2.20. The summed E-state index contributed by atoms with van der Waals surface area (Å²) in [5, 5.41) is 11.1. The Bertz CT molecular complexity index is 114. The Hall–Kier alpha value is -0.320. The van der Waals surface area contributed by atoms with Crippen LogP contribution in [-0.2, 0) is 4.79 Å². The Balaban J connectivity index is 0.000000810. The third-order valence-corrected chi connectivity index (χ3v) is 1.49. The van der Waals surface area contributed by atoms with Crippen LogP contribution in [0.1, 0.15) is 12.8 Å². The molecular formula is C5H11ClN2O2. The van der Waals surface area contributed by atoms with Crippen molar-refractivity contribution in [3.05, 3.63) is 0 Å². The van der Waals surface area contributed by atoms with Crippen molar-refractivity contribution in [1.82, 2.24) is 10.8 Å². The molecule has 0 aromatic heterocycles. The van der Waals surface area contributed by atoms with E-state index >= 15 is 0 Å². The van der Waals surface area contributed by atoms with Gasteiger partial charge in [0.15, 0.2) is 0 Å². The molecule has 1 aliphatic rings. The predicted octanol–water partition coefficient (Wildman–Crippen LogP) is -0.334. The molecule has 0 saturated carbocycles. The third-order valence-electron chi connectivity index (χ3n) is 1.49. The summed E-state index contributed by atoms with van der Waals surface area (Å²) in [5.41, 5.74) is 1.61. The quantitative estimate of drug-likeness (QED) is 0.369. The average molecular weight is 167 g/mol. The molecule has 0 aromatic rings. The summed E-state index contributed by atoms with van der Waals surface area (Å²) in [6.45, 7) is 0.873. The molecule has 1 atom stereocenters. The van der Waals surface area contributed by atoms with Crippen LogP contribution in [-0.4, -0.2) is 23.7 Å². The van der Waals surface area contributed by atoms with E-state index in [1.165, 1.54) is 0 Å². The molecule has 0 spiro atoms. The number of hydrogen-bond donors (Lipinski definition) is 3. The van der Waals surface area contributed by atoms with Crippen LogP contribution in [0, 0.1) is 0 Å². The van der Waals surface area contributed by atoms with E-state index < -0.39 is 0 Å². The Morgan fingerprint density at radius 3 is 2.80 bits per heavy atom. The van der Waals surface area contributed by atoms with Crippen molar-refractivity contribution in [3.8, 4) is 0 Å². The van der Waals surface area contributed by atoms with Crippen molar-refractivity contribution < 1.29 is 10.0 Å². The van der Waals surface area contributed by atoms with Crippen molar-refractivity contribution in [2.75, 3.05) is 6.54 Å². The first-order chi connectivity index (χ1) is 4.34. The van der Waals surface area contributed by atoms with Crippen molar-refractivity contribution in [2.45, 2.75) is 18.9 Å². The van der Waals surface area contributed by atoms with E-state index in [-0.39, 0.29) is 24.4 Å². The van der Waals surface area contributed by atoms with Gasteiger partial charge in [0.25, 0.3) is 5.91 Å². The highest BCUT2D eigenvalue weighted by atomic mass is 35.5. The molecular weight excluding hydrogens is 156 g/mol. The zero-order valence-electron chi connectivity index (χ0n) is 5.46. The predicted molar refractivity (Wildman–Crippen MR) is 38.2 cm³/mol. The van der Waals surface area contributed by atoms with Crippen molar-refractivity contribution >= 4 is 18.3 Å². The lowest BCUT2D eigenvalue weighted by Crippen LogP contribution is -2.38. The van der Waals surface area contributed by atoms with Crippen LogP contribution in [0.15, 0.2) is 0 Å². The van der Waals surface area contributed by atoms with Crippen molar-refractivity contribution in [1.29, 1.82) is 0 Å². The molecule has 1 rings (SSSR count). The number of carbonyl (C=O) groups excluding carboxylic acids is 1. The van der Waals surface area contributed by atoms with Crippen LogP contribution in [0.2, 0.25) is 0 Å². The van der Waals surface area contributed by atoms with Gasteiger partial charge in [-0.2, -0.15) is 0 Å². The van der Waals surface area contributed by atoms with E-state index in [1.54, 1.807) is 5.48 Å². The summed E-state index contributed by atoms with van der Waals surface area (Å²) in [7, 11) is 0. The van der Waals surface area contributed by atoms with Gasteiger partial charge in [0.2, 0.25) is 0 Å². The maximum absolute atomic E-state index is 10.6. The average Bonchev–Trinajstić information content (AvgIpc) is 2.37. The monoisotopic (exact) mass is 166 g/mol. The summed E-state index contributed by atoms with van der Waals surface area (Å²) in [5.74, 6) is -0.326. The Morgan fingerprint density at radius 1 is 1.70 bits per heavy atom. The van der Waals surface area contributed by atoms with Crippen LogP contribution < -0.4 is 10.8 Å². The van der Waals surface area contributed by atoms with Crippen molar-refractivity contribution in [2.24, 2.45) is 0 Å². The van der Waals surface area contributed by atoms with Gasteiger partial charge in [-0.25, -0.2) is 5.48 Å². The van der Waals surface area contributed by atoms with Crippen molar-refractivity contribution in [3.63, 3.8) is 0 Å². The second-order valence-corrected chi connectivity index (χ2v) is 2.12. The second kappa shape index (κ2) is 4.49. The first kappa shape index (κ1) is 9.68. The van der Waals surface area contributed by atoms with Crippen LogP contribution in [0.25, 0.3) is 0 Å². The van der Waals surface area contributed by atoms with Gasteiger partial charge in [-0.15, -0.1) is 12.4 Å². The van der Waals surface area contributed by atoms with Gasteiger partial charge in [-0.05, 0) is 19.4 Å². The fourth-order valence-corrected chi connectivity index (χ4v) is 0.986. The van der Waals surface area contributed by atoms with E-state index in [4.69, 9.17) is 5.21 Å². The lowest BCUT2D eigenvalue weighted by molar-refractivity contribution is -0.130. The largest absolute Gasteiger partial charge is 0.306 e.